The van der Waals surface area contributed by atoms with E-state index in [0.29, 0.717) is 5.30 Å². The molecule has 2 N–H and O–H groups in total. The van der Waals surface area contributed by atoms with Gasteiger partial charge in [-0.3, -0.25) is 10.2 Å². The normalized spacial score (nSPS) is 11.0. The molecule has 0 unspecified atom stereocenters. The lowest BCUT2D eigenvalue weighted by molar-refractivity contribution is 0.0526. The number of aryl methyl sites for hydroxylation is 1. The van der Waals surface area contributed by atoms with Crippen LogP contribution >= 0.6 is 7.26 Å². The molecule has 0 bridgehead atoms. The predicted molar refractivity (Wildman–Crippen MR) is 179 cm³/mol. The number of ketones is 1. The Kier molecular flexibility index (Phi) is 9.44. The van der Waals surface area contributed by atoms with E-state index >= 15 is 0 Å². The van der Waals surface area contributed by atoms with Crippen molar-refractivity contribution in [1.82, 2.24) is 0 Å². The molecule has 0 atom stereocenters. The van der Waals surface area contributed by atoms with Crippen LogP contribution in [0.5, 0.6) is 11.7 Å². The van der Waals surface area contributed by atoms with Gasteiger partial charge >= 0.3 is 11.9 Å². The van der Waals surface area contributed by atoms with Gasteiger partial charge in [-0.05, 0) is 75.2 Å². The average Bonchev–Trinajstić information content (AvgIpc) is 3.43. The van der Waals surface area contributed by atoms with Gasteiger partial charge in [0.1, 0.15) is 27.2 Å². The largest absolute Gasteiger partial charge is 0.507 e. The number of furan rings is 1. The first kappa shape index (κ1) is 31.2. The summed E-state index contributed by atoms with van der Waals surface area (Å²) in [7, 11) is -3.02. The van der Waals surface area contributed by atoms with Crippen molar-refractivity contribution in [2.24, 2.45) is 0 Å². The number of phenolic OH excluding ortho intramolecular Hbond substituents is 1. The molecule has 4 aromatic carbocycles. The number of phenols is 1. The van der Waals surface area contributed by atoms with Crippen LogP contribution in [0.2, 0.25) is 0 Å². The van der Waals surface area contributed by atoms with Crippen molar-refractivity contribution in [3.05, 3.63) is 132 Å². The van der Waals surface area contributed by atoms with Crippen LogP contribution in [0.1, 0.15) is 45.9 Å². The van der Waals surface area contributed by atoms with Crippen LogP contribution in [0.25, 0.3) is 5.57 Å². The second kappa shape index (κ2) is 13.6. The Morgan fingerprint density at radius 1 is 0.822 bits per heavy atom. The number of ether oxygens (including phenoxy) is 2. The summed E-state index contributed by atoms with van der Waals surface area (Å²) in [5.41, 5.74) is 0.299. The summed E-state index contributed by atoms with van der Waals surface area (Å²) in [5, 5.41) is 22.0. The molecule has 5 rings (SSSR count). The third kappa shape index (κ3) is 5.72. The van der Waals surface area contributed by atoms with E-state index in [4.69, 9.17) is 19.3 Å². The second-order valence-corrected chi connectivity index (χ2v) is 13.5. The number of carbonyl (C=O) groups excluding carboxylic acids is 2. The van der Waals surface area contributed by atoms with Crippen molar-refractivity contribution in [1.29, 1.82) is 5.41 Å². The highest BCUT2D eigenvalue weighted by Crippen LogP contribution is 2.58. The number of benzene rings is 4. The smallest absolute Gasteiger partial charge is 0.346 e. The van der Waals surface area contributed by atoms with Crippen LogP contribution in [0.15, 0.2) is 114 Å². The summed E-state index contributed by atoms with van der Waals surface area (Å²) in [5.74, 6) is 0.302. The van der Waals surface area contributed by atoms with Gasteiger partial charge < -0.3 is 19.0 Å². The number of hydrogen-bond acceptors (Lipinski definition) is 7. The Balaban J connectivity index is 1.97. The van der Waals surface area contributed by atoms with Gasteiger partial charge in [0.05, 0.1) is 18.8 Å². The number of hydrogen-bond donors (Lipinski definition) is 2. The van der Waals surface area contributed by atoms with Crippen LogP contribution in [0, 0.1) is 12.3 Å². The van der Waals surface area contributed by atoms with Gasteiger partial charge in [-0.2, -0.15) is 0 Å². The van der Waals surface area contributed by atoms with Gasteiger partial charge in [-0.25, -0.2) is 4.79 Å². The molecule has 5 aromatic rings. The molecule has 0 saturated carbocycles. The molecule has 0 aliphatic carbocycles. The summed E-state index contributed by atoms with van der Waals surface area (Å²) >= 11 is 0. The zero-order valence-electron chi connectivity index (χ0n) is 25.2. The highest BCUT2D eigenvalue weighted by atomic mass is 31.2. The summed E-state index contributed by atoms with van der Waals surface area (Å²) in [6.45, 7) is 5.52. The molecule has 1 aromatic heterocycles. The molecular weight excluding hydrogens is 585 g/mol. The van der Waals surface area contributed by atoms with Crippen molar-refractivity contribution in [3.8, 4) is 11.7 Å². The number of aromatic hydroxyl groups is 1. The quantitative estimate of drug-likeness (QED) is 0.0618. The SMILES string of the molecule is CCOC(=O)c1c(C(=C=N)C(=O)c2cc(C)ccc2O)oc(OCC)c1[P+](c1ccccc1)(c1ccccc1)c1ccccc1. The molecule has 7 nitrogen and oxygen atoms in total. The van der Waals surface area contributed by atoms with E-state index in [0.717, 1.165) is 21.5 Å². The maximum Gasteiger partial charge on any atom is 0.346 e. The Morgan fingerprint density at radius 3 is 1.82 bits per heavy atom. The Morgan fingerprint density at radius 2 is 1.36 bits per heavy atom. The van der Waals surface area contributed by atoms with E-state index in [1.54, 1.807) is 26.8 Å². The molecule has 0 fully saturated rings. The van der Waals surface area contributed by atoms with Crippen LogP contribution in [0.3, 0.4) is 0 Å². The highest BCUT2D eigenvalue weighted by Gasteiger charge is 2.56. The molecule has 0 spiro atoms. The average molecular weight is 619 g/mol. The molecule has 0 aliphatic heterocycles. The summed E-state index contributed by atoms with van der Waals surface area (Å²) in [4.78, 5) is 28.2. The van der Waals surface area contributed by atoms with Crippen LogP contribution in [-0.4, -0.2) is 35.9 Å². The minimum atomic E-state index is -3.02. The number of allylic oxidation sites excluding steroid dienone is 1. The van der Waals surface area contributed by atoms with Crippen molar-refractivity contribution < 1.29 is 28.6 Å². The van der Waals surface area contributed by atoms with Crippen molar-refractivity contribution in [2.45, 2.75) is 20.8 Å². The maximum atomic E-state index is 14.2. The molecule has 226 valence electrons. The number of nitrogens with one attached hydrogen (secondary N) is 1. The molecule has 0 saturated heterocycles. The van der Waals surface area contributed by atoms with E-state index in [1.807, 2.05) is 91.0 Å². The van der Waals surface area contributed by atoms with Crippen molar-refractivity contribution in [3.63, 3.8) is 0 Å². The summed E-state index contributed by atoms with van der Waals surface area (Å²) < 4.78 is 18.2. The zero-order chi connectivity index (χ0) is 32.0. The van der Waals surface area contributed by atoms with Gasteiger partial charge in [-0.1, -0.05) is 66.2 Å². The number of Topliss-reactive ketones (excluding diaryl/α,β-unsaturated/α-hetero) is 1. The topological polar surface area (TPSA) is 110 Å². The summed E-state index contributed by atoms with van der Waals surface area (Å²) in [6, 6.07) is 34.0. The van der Waals surface area contributed by atoms with Gasteiger partial charge in [0.25, 0.3) is 0 Å². The molecule has 1 heterocycles. The Labute approximate surface area is 262 Å². The molecule has 0 aliphatic rings. The first-order chi connectivity index (χ1) is 21.9. The number of rotatable bonds is 11. The zero-order valence-corrected chi connectivity index (χ0v) is 26.1. The van der Waals surface area contributed by atoms with Gasteiger partial charge in [0.2, 0.25) is 11.1 Å². The van der Waals surface area contributed by atoms with E-state index in [1.165, 1.54) is 12.1 Å². The van der Waals surface area contributed by atoms with Gasteiger partial charge in [-0.15, -0.1) is 0 Å². The second-order valence-electron chi connectivity index (χ2n) is 10.1. The molecule has 45 heavy (non-hydrogen) atoms. The molecule has 0 amide bonds. The number of carbonyl (C=O) groups is 2. The monoisotopic (exact) mass is 618 g/mol. The third-order valence-electron chi connectivity index (χ3n) is 7.35. The Bertz CT molecular complexity index is 1780. The minimum Gasteiger partial charge on any atom is -0.507 e. The fourth-order valence-corrected chi connectivity index (χ4v) is 9.92. The molecular formula is C37H33NO6P+. The first-order valence-electron chi connectivity index (χ1n) is 14.6. The van der Waals surface area contributed by atoms with Crippen LogP contribution in [-0.2, 0) is 4.74 Å². The van der Waals surface area contributed by atoms with E-state index in [2.05, 4.69) is 5.87 Å². The highest BCUT2D eigenvalue weighted by molar-refractivity contribution is 8.01. The van der Waals surface area contributed by atoms with E-state index in [-0.39, 0.29) is 47.4 Å². The first-order valence-corrected chi connectivity index (χ1v) is 16.3. The fourth-order valence-electron chi connectivity index (χ4n) is 5.48. The van der Waals surface area contributed by atoms with E-state index in [9.17, 15) is 14.7 Å². The standard InChI is InChI=1S/C37H32NO6P/c1-4-42-36(41)32-34(30(24-38)33(40)29-23-25(3)21-22-31(29)39)44-37(43-5-2)35(32)45(26-15-9-6-10-16-26,27-17-11-7-12-18-27)28-19-13-8-14-20-28/h6-23,38H,4-5H2,1-3H3/p+1. The minimum absolute atomic E-state index is 0.0274. The molecule has 8 heteroatoms. The van der Waals surface area contributed by atoms with Gasteiger partial charge in [0, 0.05) is 0 Å². The lowest BCUT2D eigenvalue weighted by Crippen LogP contribution is -2.41. The number of esters is 1. The van der Waals surface area contributed by atoms with Crippen LogP contribution < -0.4 is 26.0 Å². The van der Waals surface area contributed by atoms with Gasteiger partial charge in [0.15, 0.2) is 18.6 Å². The maximum absolute atomic E-state index is 14.2. The predicted octanol–water partition coefficient (Wildman–Crippen LogP) is 6.00. The Hall–Kier alpha value is -5.22. The fraction of sp³-hybridized carbons (Fsp3) is 0.135. The summed E-state index contributed by atoms with van der Waals surface area (Å²) in [6.07, 6.45) is 0. The van der Waals surface area contributed by atoms with Crippen molar-refractivity contribution >= 4 is 51.7 Å². The van der Waals surface area contributed by atoms with Crippen LogP contribution in [0.4, 0.5) is 0 Å². The molecule has 0 radical (unpaired) electrons. The van der Waals surface area contributed by atoms with Crippen molar-refractivity contribution in [2.75, 3.05) is 13.2 Å². The lowest BCUT2D eigenvalue weighted by Gasteiger charge is -2.27. The lowest BCUT2D eigenvalue weighted by atomic mass is 9.98. The third-order valence-corrected chi connectivity index (χ3v) is 11.6. The van der Waals surface area contributed by atoms with E-state index < -0.39 is 19.0 Å².